The summed E-state index contributed by atoms with van der Waals surface area (Å²) in [7, 11) is 0. The summed E-state index contributed by atoms with van der Waals surface area (Å²) in [5.74, 6) is -1.60. The lowest BCUT2D eigenvalue weighted by Gasteiger charge is -2.20. The Morgan fingerprint density at radius 2 is 2.00 bits per heavy atom. The van der Waals surface area contributed by atoms with Gasteiger partial charge < -0.3 is 20.5 Å². The first-order valence-electron chi connectivity index (χ1n) is 11.5. The van der Waals surface area contributed by atoms with Crippen LogP contribution in [0.3, 0.4) is 0 Å². The predicted octanol–water partition coefficient (Wildman–Crippen LogP) is 2.95. The fourth-order valence-electron chi connectivity index (χ4n) is 4.47. The minimum Gasteiger partial charge on any atom is -0.486 e. The minimum absolute atomic E-state index is 0.0752. The van der Waals surface area contributed by atoms with Crippen LogP contribution in [0.1, 0.15) is 27.1 Å². The summed E-state index contributed by atoms with van der Waals surface area (Å²) >= 11 is 5.93. The van der Waals surface area contributed by atoms with Crippen LogP contribution < -0.4 is 26.7 Å². The van der Waals surface area contributed by atoms with E-state index in [0.29, 0.717) is 42.0 Å². The van der Waals surface area contributed by atoms with Crippen molar-refractivity contribution >= 4 is 51.6 Å². The zero-order valence-corrected chi connectivity index (χ0v) is 20.2. The summed E-state index contributed by atoms with van der Waals surface area (Å²) in [4.78, 5) is 46.4. The van der Waals surface area contributed by atoms with Crippen LogP contribution in [-0.4, -0.2) is 45.7 Å². The number of rotatable bonds is 5. The van der Waals surface area contributed by atoms with Crippen LogP contribution in [0.15, 0.2) is 47.5 Å². The first kappa shape index (κ1) is 23.8. The van der Waals surface area contributed by atoms with Gasteiger partial charge in [0.05, 0.1) is 40.6 Å². The molecule has 11 nitrogen and oxygen atoms in total. The Kier molecular flexibility index (Phi) is 5.69. The maximum absolute atomic E-state index is 13.7. The summed E-state index contributed by atoms with van der Waals surface area (Å²) in [5.41, 5.74) is 6.60. The molecule has 1 fully saturated rings. The van der Waals surface area contributed by atoms with E-state index in [1.54, 1.807) is 12.1 Å². The van der Waals surface area contributed by atoms with Crippen molar-refractivity contribution in [2.75, 3.05) is 24.3 Å². The Morgan fingerprint density at radius 1 is 1.16 bits per heavy atom. The van der Waals surface area contributed by atoms with Gasteiger partial charge in [-0.3, -0.25) is 24.3 Å². The van der Waals surface area contributed by atoms with Crippen LogP contribution in [0, 0.1) is 5.82 Å². The number of carbonyl (C=O) groups is 2. The highest BCUT2D eigenvalue weighted by Crippen LogP contribution is 2.35. The van der Waals surface area contributed by atoms with Crippen LogP contribution >= 0.6 is 11.6 Å². The summed E-state index contributed by atoms with van der Waals surface area (Å²) in [6.45, 7) is 0.873. The number of nitrogens with one attached hydrogen (secondary N) is 2. The van der Waals surface area contributed by atoms with E-state index in [4.69, 9.17) is 26.8 Å². The van der Waals surface area contributed by atoms with Crippen LogP contribution in [0.4, 0.5) is 21.7 Å². The fraction of sp³-hybridized carbons (Fsp3) is 0.160. The molecule has 2 aromatic carbocycles. The van der Waals surface area contributed by atoms with Gasteiger partial charge in [-0.2, -0.15) is 0 Å². The Balaban J connectivity index is 1.56. The van der Waals surface area contributed by atoms with Crippen LogP contribution in [-0.2, 0) is 4.74 Å². The van der Waals surface area contributed by atoms with Gasteiger partial charge in [0.2, 0.25) is 0 Å². The highest BCUT2D eigenvalue weighted by atomic mass is 35.5. The predicted molar refractivity (Wildman–Crippen MR) is 136 cm³/mol. The number of fused-ring (bicyclic) bond motifs is 2. The smallest absolute Gasteiger partial charge is 0.262 e. The molecule has 2 aliphatic rings. The van der Waals surface area contributed by atoms with Gasteiger partial charge in [0, 0.05) is 29.6 Å². The largest absolute Gasteiger partial charge is 0.486 e. The number of benzene rings is 2. The molecule has 0 bridgehead atoms. The molecular weight excluding hydrogens is 519 g/mol. The lowest BCUT2D eigenvalue weighted by Crippen LogP contribution is -2.25. The molecule has 1 unspecified atom stereocenters. The van der Waals surface area contributed by atoms with Crippen molar-refractivity contribution in [3.05, 3.63) is 75.0 Å². The topological polar surface area (TPSA) is 150 Å². The summed E-state index contributed by atoms with van der Waals surface area (Å²) in [6.07, 6.45) is 1.68. The first-order valence-corrected chi connectivity index (χ1v) is 11.8. The van der Waals surface area contributed by atoms with Gasteiger partial charge in [0.15, 0.2) is 0 Å². The molecule has 0 aliphatic carbocycles. The number of halogens is 2. The average Bonchev–Trinajstić information content (AvgIpc) is 3.49. The Labute approximate surface area is 218 Å². The molecule has 0 spiro atoms. The van der Waals surface area contributed by atoms with E-state index in [0.717, 1.165) is 10.6 Å². The van der Waals surface area contributed by atoms with Gasteiger partial charge in [0.25, 0.3) is 17.4 Å². The second-order valence-electron chi connectivity index (χ2n) is 8.69. The van der Waals surface area contributed by atoms with Gasteiger partial charge in [-0.1, -0.05) is 11.6 Å². The maximum Gasteiger partial charge on any atom is 0.262 e. The van der Waals surface area contributed by atoms with Gasteiger partial charge in [-0.05, 0) is 24.3 Å². The fourth-order valence-corrected chi connectivity index (χ4v) is 4.65. The number of amides is 2. The van der Waals surface area contributed by atoms with Crippen LogP contribution in [0.5, 0.6) is 5.75 Å². The van der Waals surface area contributed by atoms with Gasteiger partial charge >= 0.3 is 0 Å². The van der Waals surface area contributed by atoms with E-state index in [2.05, 4.69) is 20.6 Å². The van der Waals surface area contributed by atoms with E-state index in [1.165, 1.54) is 24.5 Å². The lowest BCUT2D eigenvalue weighted by molar-refractivity contribution is 0.0880. The molecule has 4 aromatic rings. The van der Waals surface area contributed by atoms with Gasteiger partial charge in [0.1, 0.15) is 35.6 Å². The zero-order chi connectivity index (χ0) is 26.6. The molecule has 0 saturated carbocycles. The molecule has 2 aromatic heterocycles. The number of nitrogens with zero attached hydrogens (tertiary/aromatic N) is 3. The molecule has 192 valence electrons. The summed E-state index contributed by atoms with van der Waals surface area (Å²) in [5, 5.41) is 5.62. The average molecular weight is 537 g/mol. The van der Waals surface area contributed by atoms with E-state index in [1.807, 2.05) is 0 Å². The van der Waals surface area contributed by atoms with E-state index >= 15 is 0 Å². The number of carbonyl (C=O) groups excluding carboxylic acids is 2. The van der Waals surface area contributed by atoms with Crippen molar-refractivity contribution < 1.29 is 23.5 Å². The maximum atomic E-state index is 13.7. The second kappa shape index (κ2) is 9.08. The Bertz CT molecular complexity index is 1720. The number of aromatic nitrogens is 3. The quantitative estimate of drug-likeness (QED) is 0.327. The van der Waals surface area contributed by atoms with Crippen molar-refractivity contribution in [1.29, 1.82) is 0 Å². The molecule has 4 heterocycles. The highest BCUT2D eigenvalue weighted by Gasteiger charge is 2.33. The van der Waals surface area contributed by atoms with Crippen LogP contribution in [0.25, 0.3) is 16.6 Å². The van der Waals surface area contributed by atoms with Crippen molar-refractivity contribution in [2.45, 2.75) is 12.5 Å². The van der Waals surface area contributed by atoms with E-state index in [-0.39, 0.29) is 39.5 Å². The van der Waals surface area contributed by atoms with Crippen molar-refractivity contribution in [1.82, 2.24) is 19.9 Å². The molecule has 38 heavy (non-hydrogen) atoms. The summed E-state index contributed by atoms with van der Waals surface area (Å²) in [6, 6.07) is 8.38. The molecular formula is C25H18ClFN6O5. The molecule has 6 rings (SSSR count). The van der Waals surface area contributed by atoms with Crippen molar-refractivity contribution in [3.63, 3.8) is 0 Å². The first-order chi connectivity index (χ1) is 18.3. The number of nitrogens with two attached hydrogens (primary N) is 1. The standard InChI is InChI=1S/C25H18ClFN6O5/c26-15-5-11(1-2-16(15)27)31-23-13-6-18(19(8-17(13)29-10-30-23)38-12-3-4-37-9-12)33-20(34)7-14-21(22(33)28)25(36)32-24(14)35/h1-2,5-8,10,12H,3-4,9,28H2,(H,29,30,31)(H,32,35,36). The number of nitrogen functional groups attached to an aromatic ring is 1. The molecule has 1 saturated heterocycles. The number of anilines is 3. The van der Waals surface area contributed by atoms with Gasteiger partial charge in [-0.25, -0.2) is 14.4 Å². The molecule has 2 aliphatic heterocycles. The molecule has 2 amide bonds. The van der Waals surface area contributed by atoms with Crippen LogP contribution in [0.2, 0.25) is 5.02 Å². The van der Waals surface area contributed by atoms with E-state index < -0.39 is 23.2 Å². The third kappa shape index (κ3) is 3.99. The monoisotopic (exact) mass is 536 g/mol. The minimum atomic E-state index is -0.706. The zero-order valence-electron chi connectivity index (χ0n) is 19.5. The molecule has 13 heteroatoms. The molecule has 4 N–H and O–H groups in total. The lowest BCUT2D eigenvalue weighted by atomic mass is 10.1. The van der Waals surface area contributed by atoms with Gasteiger partial charge in [-0.15, -0.1) is 0 Å². The number of imide groups is 1. The Hall–Kier alpha value is -4.55. The molecule has 0 radical (unpaired) electrons. The van der Waals surface area contributed by atoms with Crippen molar-refractivity contribution in [2.24, 2.45) is 0 Å². The summed E-state index contributed by atoms with van der Waals surface area (Å²) < 4.78 is 26.4. The molecule has 1 atom stereocenters. The van der Waals surface area contributed by atoms with Crippen molar-refractivity contribution in [3.8, 4) is 11.4 Å². The normalized spacial score (nSPS) is 16.5. The number of hydrogen-bond acceptors (Lipinski definition) is 9. The number of pyridine rings is 1. The third-order valence-electron chi connectivity index (χ3n) is 6.27. The SMILES string of the molecule is Nc1c2c(cc(=O)n1-c1cc3c(Nc4ccc(F)c(Cl)c4)ncnc3cc1OC1CCOC1)C(=O)NC2=O. The number of ether oxygens (including phenoxy) is 2. The second-order valence-corrected chi connectivity index (χ2v) is 9.10. The Morgan fingerprint density at radius 3 is 2.76 bits per heavy atom. The number of hydrogen-bond donors (Lipinski definition) is 3. The highest BCUT2D eigenvalue weighted by molar-refractivity contribution is 6.31. The third-order valence-corrected chi connectivity index (χ3v) is 6.56. The van der Waals surface area contributed by atoms with E-state index in [9.17, 15) is 18.8 Å².